The van der Waals surface area contributed by atoms with Gasteiger partial charge in [0.05, 0.1) is 6.04 Å². The third-order valence-electron chi connectivity index (χ3n) is 4.50. The Morgan fingerprint density at radius 3 is 2.48 bits per heavy atom. The first-order valence-corrected chi connectivity index (χ1v) is 10.1. The summed E-state index contributed by atoms with van der Waals surface area (Å²) in [6, 6.07) is 15.8. The maximum atomic E-state index is 13.3. The summed E-state index contributed by atoms with van der Waals surface area (Å²) in [7, 11) is 0. The number of carbonyl (C=O) groups is 2. The summed E-state index contributed by atoms with van der Waals surface area (Å²) in [5.41, 5.74) is 7.01. The summed E-state index contributed by atoms with van der Waals surface area (Å²) >= 11 is 1.49. The first-order valence-electron chi connectivity index (χ1n) is 9.26. The van der Waals surface area contributed by atoms with Crippen molar-refractivity contribution in [1.82, 2.24) is 25.5 Å². The fourth-order valence-corrected chi connectivity index (χ4v) is 3.78. The Bertz CT molecular complexity index is 1190. The van der Waals surface area contributed by atoms with E-state index >= 15 is 0 Å². The van der Waals surface area contributed by atoms with Crippen LogP contribution in [0.15, 0.2) is 66.0 Å². The van der Waals surface area contributed by atoms with E-state index in [9.17, 15) is 14.0 Å². The van der Waals surface area contributed by atoms with Crippen molar-refractivity contribution >= 4 is 23.2 Å². The lowest BCUT2D eigenvalue weighted by molar-refractivity contribution is -0.122. The number of halogens is 1. The zero-order valence-electron chi connectivity index (χ0n) is 16.1. The molecule has 0 saturated carbocycles. The molecule has 0 aliphatic rings. The van der Waals surface area contributed by atoms with E-state index in [1.165, 1.54) is 28.3 Å². The number of rotatable bonds is 7. The number of amides is 2. The molecule has 2 heterocycles. The molecule has 0 aliphatic heterocycles. The van der Waals surface area contributed by atoms with Gasteiger partial charge in [-0.3, -0.25) is 9.59 Å². The van der Waals surface area contributed by atoms with Crippen LogP contribution in [0.25, 0.3) is 11.4 Å². The molecule has 0 radical (unpaired) electrons. The van der Waals surface area contributed by atoms with Gasteiger partial charge in [0.25, 0.3) is 0 Å². The predicted octanol–water partition coefficient (Wildman–Crippen LogP) is 2.55. The van der Waals surface area contributed by atoms with E-state index in [0.29, 0.717) is 17.0 Å². The number of hydrogen-bond acceptors (Lipinski definition) is 6. The number of primary amides is 1. The molecular formula is C21H17FN6O2S. The number of carbonyl (C=O) groups excluding carboxylic acids is 2. The lowest BCUT2D eigenvalue weighted by Gasteiger charge is -2.18. The number of hydrogen-bond donors (Lipinski definition) is 2. The van der Waals surface area contributed by atoms with Gasteiger partial charge >= 0.3 is 0 Å². The van der Waals surface area contributed by atoms with Crippen molar-refractivity contribution in [3.05, 3.63) is 87.9 Å². The molecule has 0 fully saturated rings. The van der Waals surface area contributed by atoms with Crippen molar-refractivity contribution in [1.29, 1.82) is 0 Å². The minimum Gasteiger partial charge on any atom is -0.366 e. The van der Waals surface area contributed by atoms with E-state index in [-0.39, 0.29) is 18.3 Å². The first-order chi connectivity index (χ1) is 15.0. The second-order valence-corrected chi connectivity index (χ2v) is 7.63. The highest BCUT2D eigenvalue weighted by atomic mass is 32.1. The lowest BCUT2D eigenvalue weighted by atomic mass is 10.1. The summed E-state index contributed by atoms with van der Waals surface area (Å²) in [6.45, 7) is -0.143. The molecule has 4 rings (SSSR count). The van der Waals surface area contributed by atoms with E-state index < -0.39 is 11.9 Å². The van der Waals surface area contributed by atoms with Crippen molar-refractivity contribution < 1.29 is 14.0 Å². The highest BCUT2D eigenvalue weighted by Gasteiger charge is 2.19. The van der Waals surface area contributed by atoms with Crippen LogP contribution in [0, 0.1) is 5.82 Å². The summed E-state index contributed by atoms with van der Waals surface area (Å²) in [4.78, 5) is 25.9. The highest BCUT2D eigenvalue weighted by Crippen LogP contribution is 2.26. The molecule has 4 aromatic rings. The number of benzene rings is 2. The third kappa shape index (κ3) is 4.81. The number of nitrogens with one attached hydrogen (secondary N) is 1. The zero-order chi connectivity index (χ0) is 21.8. The topological polar surface area (TPSA) is 116 Å². The van der Waals surface area contributed by atoms with Gasteiger partial charge in [0, 0.05) is 16.0 Å². The Labute approximate surface area is 180 Å². The summed E-state index contributed by atoms with van der Waals surface area (Å²) in [5, 5.41) is 16.9. The Morgan fingerprint density at radius 1 is 1.10 bits per heavy atom. The third-order valence-corrected chi connectivity index (χ3v) is 5.44. The lowest BCUT2D eigenvalue weighted by Crippen LogP contribution is -2.32. The molecule has 10 heteroatoms. The van der Waals surface area contributed by atoms with Crippen LogP contribution >= 0.6 is 11.3 Å². The van der Waals surface area contributed by atoms with Gasteiger partial charge in [-0.1, -0.05) is 30.3 Å². The Morgan fingerprint density at radius 2 is 1.84 bits per heavy atom. The van der Waals surface area contributed by atoms with Crippen LogP contribution in [-0.4, -0.2) is 32.0 Å². The molecule has 0 bridgehead atoms. The molecule has 2 amide bonds. The molecule has 2 aromatic carbocycles. The molecule has 1 atom stereocenters. The molecular weight excluding hydrogens is 419 g/mol. The van der Waals surface area contributed by atoms with Gasteiger partial charge in [0.15, 0.2) is 0 Å². The average molecular weight is 436 g/mol. The molecule has 31 heavy (non-hydrogen) atoms. The minimum atomic E-state index is -0.527. The summed E-state index contributed by atoms with van der Waals surface area (Å²) in [5.74, 6) is -0.877. The maximum Gasteiger partial charge on any atom is 0.248 e. The van der Waals surface area contributed by atoms with Gasteiger partial charge in [-0.25, -0.2) is 4.39 Å². The normalized spacial score (nSPS) is 11.8. The van der Waals surface area contributed by atoms with Gasteiger partial charge in [0.1, 0.15) is 12.4 Å². The second kappa shape index (κ2) is 8.84. The molecule has 3 N–H and O–H groups in total. The van der Waals surface area contributed by atoms with Gasteiger partial charge < -0.3 is 11.1 Å². The van der Waals surface area contributed by atoms with E-state index in [1.807, 2.05) is 17.5 Å². The van der Waals surface area contributed by atoms with Gasteiger partial charge in [-0.2, -0.15) is 4.80 Å². The van der Waals surface area contributed by atoms with Gasteiger partial charge in [-0.15, -0.1) is 21.5 Å². The van der Waals surface area contributed by atoms with Crippen molar-refractivity contribution in [2.24, 2.45) is 5.73 Å². The number of thiophene rings is 1. The number of tetrazole rings is 1. The monoisotopic (exact) mass is 436 g/mol. The van der Waals surface area contributed by atoms with Crippen LogP contribution in [0.4, 0.5) is 4.39 Å². The van der Waals surface area contributed by atoms with Crippen LogP contribution in [0.3, 0.4) is 0 Å². The molecule has 0 aliphatic carbocycles. The first kappa shape index (κ1) is 20.4. The molecule has 156 valence electrons. The SMILES string of the molecule is NC(=O)c1ccc(-c2nnn(CC(=O)NC(c3ccc(F)cc3)c3cccs3)n2)cc1. The van der Waals surface area contributed by atoms with Crippen LogP contribution in [0.5, 0.6) is 0 Å². The van der Waals surface area contributed by atoms with Gasteiger partial charge in [0.2, 0.25) is 17.6 Å². The highest BCUT2D eigenvalue weighted by molar-refractivity contribution is 7.10. The second-order valence-electron chi connectivity index (χ2n) is 6.65. The van der Waals surface area contributed by atoms with Crippen molar-refractivity contribution in [3.63, 3.8) is 0 Å². The summed E-state index contributed by atoms with van der Waals surface area (Å²) in [6.07, 6.45) is 0. The number of nitrogens with two attached hydrogens (primary N) is 1. The fourth-order valence-electron chi connectivity index (χ4n) is 2.97. The van der Waals surface area contributed by atoms with Crippen molar-refractivity contribution in [3.8, 4) is 11.4 Å². The van der Waals surface area contributed by atoms with Gasteiger partial charge in [-0.05, 0) is 46.5 Å². The van der Waals surface area contributed by atoms with E-state index in [2.05, 4.69) is 20.7 Å². The quantitative estimate of drug-likeness (QED) is 0.462. The van der Waals surface area contributed by atoms with Crippen LogP contribution in [0.2, 0.25) is 0 Å². The predicted molar refractivity (Wildman–Crippen MR) is 112 cm³/mol. The smallest absolute Gasteiger partial charge is 0.248 e. The Balaban J connectivity index is 1.47. The maximum absolute atomic E-state index is 13.3. The molecule has 2 aromatic heterocycles. The average Bonchev–Trinajstić information content (AvgIpc) is 3.45. The van der Waals surface area contributed by atoms with E-state index in [4.69, 9.17) is 5.73 Å². The van der Waals surface area contributed by atoms with Crippen LogP contribution in [0.1, 0.15) is 26.8 Å². The van der Waals surface area contributed by atoms with Crippen LogP contribution < -0.4 is 11.1 Å². The van der Waals surface area contributed by atoms with Crippen molar-refractivity contribution in [2.75, 3.05) is 0 Å². The number of aromatic nitrogens is 4. The standard InChI is InChI=1S/C21H17FN6O2S/c22-16-9-7-13(8-10-16)19(17-2-1-11-31-17)24-18(29)12-28-26-21(25-27-28)15-5-3-14(4-6-15)20(23)30/h1-11,19H,12H2,(H2,23,30)(H,24,29). The van der Waals surface area contributed by atoms with E-state index in [0.717, 1.165) is 10.4 Å². The van der Waals surface area contributed by atoms with E-state index in [1.54, 1.807) is 36.4 Å². The molecule has 0 saturated heterocycles. The Kier molecular flexibility index (Phi) is 5.80. The summed E-state index contributed by atoms with van der Waals surface area (Å²) < 4.78 is 13.3. The van der Waals surface area contributed by atoms with Crippen LogP contribution in [-0.2, 0) is 11.3 Å². The number of nitrogens with zero attached hydrogens (tertiary/aromatic N) is 4. The zero-order valence-corrected chi connectivity index (χ0v) is 16.9. The Hall–Kier alpha value is -3.92. The largest absolute Gasteiger partial charge is 0.366 e. The van der Waals surface area contributed by atoms with Crippen molar-refractivity contribution in [2.45, 2.75) is 12.6 Å². The minimum absolute atomic E-state index is 0.143. The molecule has 1 unspecified atom stereocenters. The molecule has 0 spiro atoms. The fraction of sp³-hybridized carbons (Fsp3) is 0.0952. The molecule has 8 nitrogen and oxygen atoms in total.